The number of carbonyl (C=O) groups excluding carboxylic acids is 1. The molecule has 0 heterocycles. The fourth-order valence-electron chi connectivity index (χ4n) is 2.30. The number of hydrazone groups is 1. The highest BCUT2D eigenvalue weighted by molar-refractivity contribution is 5.87. The van der Waals surface area contributed by atoms with E-state index in [4.69, 9.17) is 4.74 Å². The lowest BCUT2D eigenvalue weighted by atomic mass is 10.1. The van der Waals surface area contributed by atoms with Crippen LogP contribution in [0.1, 0.15) is 22.3 Å². The van der Waals surface area contributed by atoms with Crippen molar-refractivity contribution in [2.75, 3.05) is 6.61 Å². The minimum Gasteiger partial charge on any atom is -0.507 e. The molecule has 2 rings (SSSR count). The number of hydrogen-bond acceptors (Lipinski definition) is 6. The lowest BCUT2D eigenvalue weighted by molar-refractivity contribution is -0.384. The van der Waals surface area contributed by atoms with E-state index in [2.05, 4.69) is 10.5 Å². The number of nitro benzene ring substituents is 1. The zero-order valence-corrected chi connectivity index (χ0v) is 14.6. The van der Waals surface area contributed by atoms with E-state index in [-0.39, 0.29) is 23.6 Å². The first-order valence-electron chi connectivity index (χ1n) is 7.78. The van der Waals surface area contributed by atoms with Gasteiger partial charge in [0.2, 0.25) is 0 Å². The lowest BCUT2D eigenvalue weighted by Crippen LogP contribution is -2.24. The first kappa shape index (κ1) is 18.9. The molecule has 8 nitrogen and oxygen atoms in total. The molecule has 0 unspecified atom stereocenters. The minimum atomic E-state index is -0.569. The van der Waals surface area contributed by atoms with Crippen molar-refractivity contribution < 1.29 is 19.6 Å². The molecule has 2 aromatic carbocycles. The molecule has 0 radical (unpaired) electrons. The Morgan fingerprint density at radius 3 is 2.65 bits per heavy atom. The van der Waals surface area contributed by atoms with Crippen molar-refractivity contribution in [2.24, 2.45) is 5.10 Å². The topological polar surface area (TPSA) is 114 Å². The molecule has 0 aliphatic heterocycles. The van der Waals surface area contributed by atoms with Gasteiger partial charge in [-0.3, -0.25) is 14.9 Å². The first-order valence-corrected chi connectivity index (χ1v) is 7.78. The van der Waals surface area contributed by atoms with Gasteiger partial charge in [0.1, 0.15) is 11.5 Å². The Labute approximate surface area is 150 Å². The molecular weight excluding hydrogens is 338 g/mol. The van der Waals surface area contributed by atoms with Crippen LogP contribution in [0.2, 0.25) is 0 Å². The summed E-state index contributed by atoms with van der Waals surface area (Å²) < 4.78 is 5.43. The maximum atomic E-state index is 11.8. The van der Waals surface area contributed by atoms with Crippen LogP contribution < -0.4 is 10.2 Å². The number of amides is 1. The Morgan fingerprint density at radius 1 is 1.27 bits per heavy atom. The lowest BCUT2D eigenvalue weighted by Gasteiger charge is -2.08. The summed E-state index contributed by atoms with van der Waals surface area (Å²) in [5.74, 6) is -0.0373. The third-order valence-electron chi connectivity index (χ3n) is 3.61. The summed E-state index contributed by atoms with van der Waals surface area (Å²) in [7, 11) is 0. The van der Waals surface area contributed by atoms with Crippen molar-refractivity contribution in [3.63, 3.8) is 0 Å². The molecule has 0 fully saturated rings. The summed E-state index contributed by atoms with van der Waals surface area (Å²) in [6.45, 7) is 5.15. The average molecular weight is 357 g/mol. The number of nitro groups is 1. The number of carbonyl (C=O) groups is 1. The Balaban J connectivity index is 1.97. The van der Waals surface area contributed by atoms with Gasteiger partial charge in [0.05, 0.1) is 11.1 Å². The molecule has 2 aromatic rings. The molecule has 26 heavy (non-hydrogen) atoms. The standard InChI is InChI=1S/C18H19N3O5/c1-11-4-5-16(12(2)6-11)26-10-17(22)20-19-9-14-8-15(21(24)25)7-13(3)18(14)23/h4-9,23H,10H2,1-3H3,(H,20,22)/b19-9-. The van der Waals surface area contributed by atoms with Gasteiger partial charge in [-0.25, -0.2) is 5.43 Å². The van der Waals surface area contributed by atoms with Crippen LogP contribution in [0.3, 0.4) is 0 Å². The first-order chi connectivity index (χ1) is 12.3. The van der Waals surface area contributed by atoms with Crippen molar-refractivity contribution >= 4 is 17.8 Å². The number of nitrogens with zero attached hydrogens (tertiary/aromatic N) is 2. The zero-order chi connectivity index (χ0) is 19.3. The van der Waals surface area contributed by atoms with Crippen LogP contribution >= 0.6 is 0 Å². The third kappa shape index (κ3) is 4.79. The molecule has 1 amide bonds. The van der Waals surface area contributed by atoms with Crippen molar-refractivity contribution in [1.82, 2.24) is 5.43 Å². The van der Waals surface area contributed by atoms with Crippen LogP contribution in [0.4, 0.5) is 5.69 Å². The number of rotatable bonds is 6. The highest BCUT2D eigenvalue weighted by Crippen LogP contribution is 2.26. The largest absolute Gasteiger partial charge is 0.507 e. The van der Waals surface area contributed by atoms with Gasteiger partial charge < -0.3 is 9.84 Å². The fraction of sp³-hybridized carbons (Fsp3) is 0.222. The molecule has 0 spiro atoms. The van der Waals surface area contributed by atoms with E-state index in [0.717, 1.165) is 17.3 Å². The molecule has 0 bridgehead atoms. The number of ether oxygens (including phenoxy) is 1. The predicted octanol–water partition coefficient (Wildman–Crippen LogP) is 2.75. The molecule has 2 N–H and O–H groups in total. The van der Waals surface area contributed by atoms with Crippen molar-refractivity contribution in [3.8, 4) is 11.5 Å². The molecule has 0 aliphatic rings. The van der Waals surface area contributed by atoms with E-state index < -0.39 is 10.8 Å². The van der Waals surface area contributed by atoms with Crippen LogP contribution in [0.15, 0.2) is 35.4 Å². The van der Waals surface area contributed by atoms with E-state index in [1.807, 2.05) is 26.0 Å². The van der Waals surface area contributed by atoms with E-state index >= 15 is 0 Å². The summed E-state index contributed by atoms with van der Waals surface area (Å²) in [5.41, 5.74) is 4.56. The van der Waals surface area contributed by atoms with Gasteiger partial charge in [-0.05, 0) is 38.0 Å². The molecule has 0 aliphatic carbocycles. The van der Waals surface area contributed by atoms with Gasteiger partial charge in [0.25, 0.3) is 11.6 Å². The highest BCUT2D eigenvalue weighted by atomic mass is 16.6. The van der Waals surface area contributed by atoms with Gasteiger partial charge in [-0.2, -0.15) is 5.10 Å². The van der Waals surface area contributed by atoms with Crippen LogP contribution in [-0.2, 0) is 4.79 Å². The fourth-order valence-corrected chi connectivity index (χ4v) is 2.30. The maximum Gasteiger partial charge on any atom is 0.277 e. The molecule has 136 valence electrons. The summed E-state index contributed by atoms with van der Waals surface area (Å²) >= 11 is 0. The number of hydrogen-bond donors (Lipinski definition) is 2. The van der Waals surface area contributed by atoms with Crippen molar-refractivity contribution in [2.45, 2.75) is 20.8 Å². The normalized spacial score (nSPS) is 10.7. The van der Waals surface area contributed by atoms with Gasteiger partial charge in [0, 0.05) is 17.7 Å². The van der Waals surface area contributed by atoms with Crippen LogP contribution in [0.25, 0.3) is 0 Å². The molecule has 8 heteroatoms. The SMILES string of the molecule is Cc1ccc(OCC(=O)N/N=C\c2cc([N+](=O)[O-])cc(C)c2O)c(C)c1. The van der Waals surface area contributed by atoms with Crippen LogP contribution in [0, 0.1) is 30.9 Å². The maximum absolute atomic E-state index is 11.8. The van der Waals surface area contributed by atoms with Gasteiger partial charge >= 0.3 is 0 Å². The third-order valence-corrected chi connectivity index (χ3v) is 3.61. The quantitative estimate of drug-likeness (QED) is 0.469. The number of phenols is 1. The molecule has 0 saturated heterocycles. The van der Waals surface area contributed by atoms with E-state index in [0.29, 0.717) is 11.3 Å². The molecule has 0 aromatic heterocycles. The zero-order valence-electron chi connectivity index (χ0n) is 14.6. The van der Waals surface area contributed by atoms with Crippen LogP contribution in [0.5, 0.6) is 11.5 Å². The number of nitrogens with one attached hydrogen (secondary N) is 1. The Bertz CT molecular complexity index is 877. The van der Waals surface area contributed by atoms with Crippen molar-refractivity contribution in [3.05, 3.63) is 62.7 Å². The molecule has 0 saturated carbocycles. The minimum absolute atomic E-state index is 0.132. The molecule has 0 atom stereocenters. The average Bonchev–Trinajstić information content (AvgIpc) is 2.57. The summed E-state index contributed by atoms with van der Waals surface area (Å²) in [4.78, 5) is 22.1. The highest BCUT2D eigenvalue weighted by Gasteiger charge is 2.12. The summed E-state index contributed by atoms with van der Waals surface area (Å²) in [5, 5.41) is 24.5. The second kappa shape index (κ2) is 8.11. The van der Waals surface area contributed by atoms with E-state index in [1.165, 1.54) is 19.1 Å². The monoisotopic (exact) mass is 357 g/mol. The van der Waals surface area contributed by atoms with Crippen LogP contribution in [-0.4, -0.2) is 28.8 Å². The van der Waals surface area contributed by atoms with E-state index in [1.54, 1.807) is 6.07 Å². The van der Waals surface area contributed by atoms with Gasteiger partial charge in [0.15, 0.2) is 6.61 Å². The predicted molar refractivity (Wildman–Crippen MR) is 96.6 cm³/mol. The van der Waals surface area contributed by atoms with E-state index in [9.17, 15) is 20.0 Å². The summed E-state index contributed by atoms with van der Waals surface area (Å²) in [6.07, 6.45) is 1.14. The van der Waals surface area contributed by atoms with Gasteiger partial charge in [-0.1, -0.05) is 17.7 Å². The Morgan fingerprint density at radius 2 is 2.00 bits per heavy atom. The number of benzene rings is 2. The Hall–Kier alpha value is -3.42. The van der Waals surface area contributed by atoms with Crippen molar-refractivity contribution in [1.29, 1.82) is 0 Å². The smallest absolute Gasteiger partial charge is 0.277 e. The van der Waals surface area contributed by atoms with Gasteiger partial charge in [-0.15, -0.1) is 0 Å². The summed E-state index contributed by atoms with van der Waals surface area (Å²) in [6, 6.07) is 8.03. The number of aromatic hydroxyl groups is 1. The number of phenolic OH excluding ortho intramolecular Hbond substituents is 1. The Kier molecular flexibility index (Phi) is 5.90. The molecular formula is C18H19N3O5. The second-order valence-electron chi connectivity index (χ2n) is 5.81. The second-order valence-corrected chi connectivity index (χ2v) is 5.81. The number of non-ortho nitro benzene ring substituents is 1. The number of aryl methyl sites for hydroxylation is 3.